The summed E-state index contributed by atoms with van der Waals surface area (Å²) in [6, 6.07) is 7.56. The fraction of sp³-hybridized carbons (Fsp3) is 0.652. The first-order valence-corrected chi connectivity index (χ1v) is 11.0. The molecule has 3 aliphatic rings. The van der Waals surface area contributed by atoms with Crippen LogP contribution in [0.2, 0.25) is 0 Å². The zero-order chi connectivity index (χ0) is 20.2. The van der Waals surface area contributed by atoms with E-state index in [1.807, 2.05) is 36.1 Å². The summed E-state index contributed by atoms with van der Waals surface area (Å²) in [6.07, 6.45) is 5.02. The van der Waals surface area contributed by atoms with Gasteiger partial charge in [0.1, 0.15) is 6.61 Å². The second-order valence-electron chi connectivity index (χ2n) is 8.94. The minimum Gasteiger partial charge on any atom is -0.365 e. The second-order valence-corrected chi connectivity index (χ2v) is 8.94. The monoisotopic (exact) mass is 399 g/mol. The standard InChI is InChI=1S/C23H33N3O3/c1-17-4-2-3-5-21(17)23(28)24-12-20-15-26(22(27)16-29-20)14-19-8-10-25(11-9-19)13-18-6-7-18/h2-5,18-20H,6-16H2,1H3,(H,24,28)/t20-/m0/s1. The van der Waals surface area contributed by atoms with Gasteiger partial charge in [-0.25, -0.2) is 0 Å². The van der Waals surface area contributed by atoms with E-state index in [1.165, 1.54) is 32.2 Å². The summed E-state index contributed by atoms with van der Waals surface area (Å²) < 4.78 is 5.68. The number of nitrogens with one attached hydrogen (secondary N) is 1. The van der Waals surface area contributed by atoms with Crippen molar-refractivity contribution in [3.63, 3.8) is 0 Å². The molecule has 3 fully saturated rings. The lowest BCUT2D eigenvalue weighted by atomic mass is 9.95. The SMILES string of the molecule is Cc1ccccc1C(=O)NC[C@H]1CN(CC2CCN(CC3CC3)CC2)C(=O)CO1. The molecule has 0 spiro atoms. The van der Waals surface area contributed by atoms with Crippen molar-refractivity contribution >= 4 is 11.8 Å². The number of benzene rings is 1. The molecule has 2 saturated heterocycles. The first-order valence-electron chi connectivity index (χ1n) is 11.0. The summed E-state index contributed by atoms with van der Waals surface area (Å²) in [4.78, 5) is 29.3. The predicted octanol–water partition coefficient (Wildman–Crippen LogP) is 2.07. The van der Waals surface area contributed by atoms with Crippen LogP contribution in [-0.2, 0) is 9.53 Å². The van der Waals surface area contributed by atoms with Gasteiger partial charge in [-0.1, -0.05) is 18.2 Å². The number of hydrogen-bond acceptors (Lipinski definition) is 4. The number of carbonyl (C=O) groups excluding carboxylic acids is 2. The molecule has 0 radical (unpaired) electrons. The molecular weight excluding hydrogens is 366 g/mol. The average Bonchev–Trinajstić information content (AvgIpc) is 3.54. The zero-order valence-electron chi connectivity index (χ0n) is 17.4. The Morgan fingerprint density at radius 2 is 1.83 bits per heavy atom. The number of amides is 2. The number of morpholine rings is 1. The number of likely N-dealkylation sites (tertiary alicyclic amines) is 1. The van der Waals surface area contributed by atoms with Crippen molar-refractivity contribution < 1.29 is 14.3 Å². The van der Waals surface area contributed by atoms with Crippen LogP contribution in [0.4, 0.5) is 0 Å². The lowest BCUT2D eigenvalue weighted by molar-refractivity contribution is -0.149. The lowest BCUT2D eigenvalue weighted by Gasteiger charge is -2.38. The zero-order valence-corrected chi connectivity index (χ0v) is 17.4. The Balaban J connectivity index is 1.22. The van der Waals surface area contributed by atoms with Crippen molar-refractivity contribution in [2.45, 2.75) is 38.7 Å². The van der Waals surface area contributed by atoms with Gasteiger partial charge < -0.3 is 19.9 Å². The minimum absolute atomic E-state index is 0.0758. The highest BCUT2D eigenvalue weighted by molar-refractivity contribution is 5.95. The lowest BCUT2D eigenvalue weighted by Crippen LogP contribution is -2.52. The molecule has 1 aromatic carbocycles. The van der Waals surface area contributed by atoms with Crippen LogP contribution in [0.5, 0.6) is 0 Å². The number of carbonyl (C=O) groups is 2. The minimum atomic E-state index is -0.143. The molecule has 0 unspecified atom stereocenters. The molecule has 29 heavy (non-hydrogen) atoms. The van der Waals surface area contributed by atoms with Crippen LogP contribution >= 0.6 is 0 Å². The summed E-state index contributed by atoms with van der Waals surface area (Å²) in [5, 5.41) is 2.97. The van der Waals surface area contributed by atoms with E-state index >= 15 is 0 Å². The summed E-state index contributed by atoms with van der Waals surface area (Å²) in [5.41, 5.74) is 1.65. The maximum Gasteiger partial charge on any atom is 0.251 e. The molecule has 0 bridgehead atoms. The van der Waals surface area contributed by atoms with Crippen molar-refractivity contribution in [2.75, 3.05) is 45.9 Å². The van der Waals surface area contributed by atoms with E-state index < -0.39 is 0 Å². The third-order valence-corrected chi connectivity index (χ3v) is 6.50. The summed E-state index contributed by atoms with van der Waals surface area (Å²) in [6.45, 7) is 7.46. The maximum atomic E-state index is 12.4. The van der Waals surface area contributed by atoms with E-state index in [0.29, 0.717) is 24.6 Å². The molecule has 1 aromatic rings. The molecule has 1 atom stereocenters. The van der Waals surface area contributed by atoms with Gasteiger partial charge in [0.05, 0.1) is 6.10 Å². The normalized spacial score (nSPS) is 24.0. The van der Waals surface area contributed by atoms with Crippen LogP contribution in [0.1, 0.15) is 41.6 Å². The molecule has 2 heterocycles. The molecular formula is C23H33N3O3. The van der Waals surface area contributed by atoms with Crippen LogP contribution in [0.3, 0.4) is 0 Å². The van der Waals surface area contributed by atoms with Gasteiger partial charge in [-0.15, -0.1) is 0 Å². The average molecular weight is 400 g/mol. The van der Waals surface area contributed by atoms with Gasteiger partial charge in [-0.3, -0.25) is 9.59 Å². The van der Waals surface area contributed by atoms with Crippen molar-refractivity contribution in [1.29, 1.82) is 0 Å². The number of ether oxygens (including phenoxy) is 1. The van der Waals surface area contributed by atoms with Gasteiger partial charge in [0, 0.05) is 31.7 Å². The molecule has 2 amide bonds. The van der Waals surface area contributed by atoms with Crippen molar-refractivity contribution in [2.24, 2.45) is 11.8 Å². The topological polar surface area (TPSA) is 61.9 Å². The quantitative estimate of drug-likeness (QED) is 0.763. The predicted molar refractivity (Wildman–Crippen MR) is 112 cm³/mol. The maximum absolute atomic E-state index is 12.4. The van der Waals surface area contributed by atoms with Gasteiger partial charge in [0.2, 0.25) is 5.91 Å². The molecule has 1 saturated carbocycles. The van der Waals surface area contributed by atoms with E-state index in [2.05, 4.69) is 10.2 Å². The van der Waals surface area contributed by atoms with Gasteiger partial charge in [-0.2, -0.15) is 0 Å². The molecule has 158 valence electrons. The summed E-state index contributed by atoms with van der Waals surface area (Å²) in [5.74, 6) is 1.52. The molecule has 1 N–H and O–H groups in total. The van der Waals surface area contributed by atoms with Gasteiger partial charge in [0.15, 0.2) is 0 Å². The Hall–Kier alpha value is -1.92. The Morgan fingerprint density at radius 1 is 1.10 bits per heavy atom. The highest BCUT2D eigenvalue weighted by Gasteiger charge is 2.31. The van der Waals surface area contributed by atoms with Gasteiger partial charge >= 0.3 is 0 Å². The van der Waals surface area contributed by atoms with Crippen LogP contribution < -0.4 is 5.32 Å². The highest BCUT2D eigenvalue weighted by Crippen LogP contribution is 2.31. The summed E-state index contributed by atoms with van der Waals surface area (Å²) >= 11 is 0. The van der Waals surface area contributed by atoms with E-state index in [1.54, 1.807) is 0 Å². The van der Waals surface area contributed by atoms with Crippen molar-refractivity contribution in [1.82, 2.24) is 15.1 Å². The Labute approximate surface area is 173 Å². The van der Waals surface area contributed by atoms with E-state index in [0.717, 1.165) is 31.1 Å². The Bertz CT molecular complexity index is 726. The third kappa shape index (κ3) is 5.58. The fourth-order valence-electron chi connectivity index (χ4n) is 4.44. The van der Waals surface area contributed by atoms with Gasteiger partial charge in [0.25, 0.3) is 5.91 Å². The fourth-order valence-corrected chi connectivity index (χ4v) is 4.44. The largest absolute Gasteiger partial charge is 0.365 e. The molecule has 2 aliphatic heterocycles. The molecule has 1 aliphatic carbocycles. The van der Waals surface area contributed by atoms with Crippen molar-refractivity contribution in [3.05, 3.63) is 35.4 Å². The number of rotatable bonds is 7. The van der Waals surface area contributed by atoms with Crippen LogP contribution in [-0.4, -0.2) is 73.6 Å². The number of aryl methyl sites for hydroxylation is 1. The summed E-state index contributed by atoms with van der Waals surface area (Å²) in [7, 11) is 0. The van der Waals surface area contributed by atoms with Crippen LogP contribution in [0.25, 0.3) is 0 Å². The smallest absolute Gasteiger partial charge is 0.251 e. The molecule has 6 heteroatoms. The Kier molecular flexibility index (Phi) is 6.50. The number of piperidine rings is 1. The van der Waals surface area contributed by atoms with Crippen LogP contribution in [0, 0.1) is 18.8 Å². The van der Waals surface area contributed by atoms with Crippen LogP contribution in [0.15, 0.2) is 24.3 Å². The number of hydrogen-bond donors (Lipinski definition) is 1. The molecule has 0 aromatic heterocycles. The van der Waals surface area contributed by atoms with E-state index in [4.69, 9.17) is 4.74 Å². The first-order chi connectivity index (χ1) is 14.1. The van der Waals surface area contributed by atoms with E-state index in [9.17, 15) is 9.59 Å². The molecule has 6 nitrogen and oxygen atoms in total. The number of nitrogens with zero attached hydrogens (tertiary/aromatic N) is 2. The first kappa shape index (κ1) is 20.4. The Morgan fingerprint density at radius 3 is 2.55 bits per heavy atom. The second kappa shape index (κ2) is 9.26. The molecule has 4 rings (SSSR count). The van der Waals surface area contributed by atoms with Crippen molar-refractivity contribution in [3.8, 4) is 0 Å². The highest BCUT2D eigenvalue weighted by atomic mass is 16.5. The van der Waals surface area contributed by atoms with E-state index in [-0.39, 0.29) is 24.5 Å². The third-order valence-electron chi connectivity index (χ3n) is 6.50. The van der Waals surface area contributed by atoms with Gasteiger partial charge in [-0.05, 0) is 69.2 Å².